The molecule has 0 saturated carbocycles. The van der Waals surface area contributed by atoms with Crippen molar-refractivity contribution in [1.29, 1.82) is 0 Å². The first-order valence-electron chi connectivity index (χ1n) is 6.02. The summed E-state index contributed by atoms with van der Waals surface area (Å²) in [6.45, 7) is 3.87. The first kappa shape index (κ1) is 13.1. The van der Waals surface area contributed by atoms with Crippen molar-refractivity contribution < 1.29 is 4.39 Å². The second-order valence-corrected chi connectivity index (χ2v) is 4.16. The van der Waals surface area contributed by atoms with Gasteiger partial charge < -0.3 is 5.32 Å². The maximum absolute atomic E-state index is 12.9. The zero-order chi connectivity index (χ0) is 13.7. The molecule has 98 valence electrons. The predicted octanol–water partition coefficient (Wildman–Crippen LogP) is 2.70. The van der Waals surface area contributed by atoms with E-state index in [1.165, 1.54) is 12.1 Å². The Morgan fingerprint density at radius 2 is 2.05 bits per heavy atom. The van der Waals surface area contributed by atoms with Gasteiger partial charge in [-0.2, -0.15) is 5.10 Å². The Hall–Kier alpha value is -2.36. The van der Waals surface area contributed by atoms with Crippen LogP contribution in [0.25, 0.3) is 0 Å². The number of hydrogen-bond acceptors (Lipinski definition) is 3. The largest absolute Gasteiger partial charge is 0.388 e. The van der Waals surface area contributed by atoms with Crippen molar-refractivity contribution in [2.45, 2.75) is 6.42 Å². The molecule has 0 radical (unpaired) electrons. The number of likely N-dealkylation sites (N-methyl/N-ethyl adjacent to an activating group) is 1. The number of rotatable bonds is 2. The van der Waals surface area contributed by atoms with E-state index in [-0.39, 0.29) is 5.82 Å². The zero-order valence-electron chi connectivity index (χ0n) is 10.8. The van der Waals surface area contributed by atoms with Gasteiger partial charge in [-0.3, -0.25) is 5.43 Å². The molecule has 1 aromatic carbocycles. The van der Waals surface area contributed by atoms with Crippen LogP contribution in [0.1, 0.15) is 12.0 Å². The van der Waals surface area contributed by atoms with Gasteiger partial charge in [-0.25, -0.2) is 4.39 Å². The van der Waals surface area contributed by atoms with Gasteiger partial charge in [0.05, 0.1) is 11.4 Å². The van der Waals surface area contributed by atoms with Gasteiger partial charge in [-0.05, 0) is 29.8 Å². The van der Waals surface area contributed by atoms with Gasteiger partial charge in [0, 0.05) is 19.2 Å². The molecular weight excluding hydrogens is 241 g/mol. The molecule has 0 amide bonds. The highest BCUT2D eigenvalue weighted by Gasteiger charge is 2.04. The second kappa shape index (κ2) is 6.00. The Balaban J connectivity index is 2.26. The third-order valence-corrected chi connectivity index (χ3v) is 2.74. The minimum absolute atomic E-state index is 0.250. The monoisotopic (exact) mass is 257 g/mol. The van der Waals surface area contributed by atoms with Gasteiger partial charge >= 0.3 is 0 Å². The van der Waals surface area contributed by atoms with E-state index >= 15 is 0 Å². The molecule has 1 aliphatic heterocycles. The highest BCUT2D eigenvalue weighted by molar-refractivity contribution is 6.01. The quantitative estimate of drug-likeness (QED) is 0.854. The summed E-state index contributed by atoms with van der Waals surface area (Å²) in [5.74, 6) is -0.250. The molecule has 0 spiro atoms. The van der Waals surface area contributed by atoms with Crippen molar-refractivity contribution in [3.8, 4) is 0 Å². The summed E-state index contributed by atoms with van der Waals surface area (Å²) >= 11 is 0. The van der Waals surface area contributed by atoms with Crippen molar-refractivity contribution in [3.05, 3.63) is 71.8 Å². The summed E-state index contributed by atoms with van der Waals surface area (Å²) in [4.78, 5) is 0. The van der Waals surface area contributed by atoms with Crippen molar-refractivity contribution in [3.63, 3.8) is 0 Å². The lowest BCUT2D eigenvalue weighted by Gasteiger charge is -2.05. The number of halogens is 1. The van der Waals surface area contributed by atoms with Crippen LogP contribution in [-0.2, 0) is 0 Å². The van der Waals surface area contributed by atoms with E-state index < -0.39 is 0 Å². The zero-order valence-corrected chi connectivity index (χ0v) is 10.8. The molecule has 1 heterocycles. The molecule has 4 heteroatoms. The molecule has 2 N–H and O–H groups in total. The number of hydrazone groups is 1. The number of nitrogens with one attached hydrogen (secondary N) is 2. The van der Waals surface area contributed by atoms with Gasteiger partial charge in [0.25, 0.3) is 0 Å². The molecule has 0 aliphatic carbocycles. The fourth-order valence-electron chi connectivity index (χ4n) is 1.73. The summed E-state index contributed by atoms with van der Waals surface area (Å²) in [7, 11) is 1.85. The Kier molecular flexibility index (Phi) is 4.13. The van der Waals surface area contributed by atoms with Gasteiger partial charge in [0.1, 0.15) is 5.82 Å². The van der Waals surface area contributed by atoms with Gasteiger partial charge in [0.15, 0.2) is 0 Å². The highest BCUT2D eigenvalue weighted by Crippen LogP contribution is 2.10. The number of hydrogen-bond donors (Lipinski definition) is 2. The van der Waals surface area contributed by atoms with Crippen LogP contribution in [0.4, 0.5) is 4.39 Å². The van der Waals surface area contributed by atoms with Crippen molar-refractivity contribution in [2.24, 2.45) is 5.10 Å². The van der Waals surface area contributed by atoms with Crippen LogP contribution in [0.2, 0.25) is 0 Å². The lowest BCUT2D eigenvalue weighted by molar-refractivity contribution is 0.627. The van der Waals surface area contributed by atoms with Crippen LogP contribution >= 0.6 is 0 Å². The SMILES string of the molecule is C=C1/C=C(NC)\C=C/C/C(c2ccc(F)cc2)=N\N1. The number of nitrogens with zero attached hydrogens (tertiary/aromatic N) is 1. The summed E-state index contributed by atoms with van der Waals surface area (Å²) in [5.41, 5.74) is 6.26. The van der Waals surface area contributed by atoms with Crippen molar-refractivity contribution >= 4 is 5.71 Å². The molecule has 2 rings (SSSR count). The average Bonchev–Trinajstić information content (AvgIpc) is 2.50. The van der Waals surface area contributed by atoms with Gasteiger partial charge in [-0.1, -0.05) is 24.8 Å². The Morgan fingerprint density at radius 3 is 2.74 bits per heavy atom. The Morgan fingerprint density at radius 1 is 1.32 bits per heavy atom. The number of benzene rings is 1. The summed E-state index contributed by atoms with van der Waals surface area (Å²) in [6.07, 6.45) is 6.50. The second-order valence-electron chi connectivity index (χ2n) is 4.16. The van der Waals surface area contributed by atoms with E-state index in [4.69, 9.17) is 0 Å². The van der Waals surface area contributed by atoms with E-state index in [1.54, 1.807) is 12.1 Å². The summed E-state index contributed by atoms with van der Waals surface area (Å²) in [5, 5.41) is 7.38. The van der Waals surface area contributed by atoms with E-state index in [9.17, 15) is 4.39 Å². The lowest BCUT2D eigenvalue weighted by atomic mass is 10.1. The normalized spacial score (nSPS) is 22.7. The average molecular weight is 257 g/mol. The smallest absolute Gasteiger partial charge is 0.123 e. The molecule has 1 aliphatic rings. The van der Waals surface area contributed by atoms with Crippen LogP contribution in [0, 0.1) is 5.82 Å². The predicted molar refractivity (Wildman–Crippen MR) is 76.1 cm³/mol. The molecule has 3 nitrogen and oxygen atoms in total. The van der Waals surface area contributed by atoms with E-state index in [0.29, 0.717) is 12.1 Å². The lowest BCUT2D eigenvalue weighted by Crippen LogP contribution is -2.10. The maximum atomic E-state index is 12.9. The minimum atomic E-state index is -0.250. The third-order valence-electron chi connectivity index (χ3n) is 2.74. The molecule has 1 aromatic rings. The Bertz CT molecular complexity index is 553. The first-order chi connectivity index (χ1) is 9.19. The fraction of sp³-hybridized carbons (Fsp3) is 0.133. The summed E-state index contributed by atoms with van der Waals surface area (Å²) in [6, 6.07) is 6.30. The maximum Gasteiger partial charge on any atom is 0.123 e. The molecule has 0 aromatic heterocycles. The molecular formula is C15H16FN3. The van der Waals surface area contributed by atoms with Crippen LogP contribution in [0.15, 0.2) is 65.6 Å². The van der Waals surface area contributed by atoms with E-state index in [0.717, 1.165) is 17.0 Å². The molecule has 0 unspecified atom stereocenters. The van der Waals surface area contributed by atoms with E-state index in [2.05, 4.69) is 22.4 Å². The fourth-order valence-corrected chi connectivity index (χ4v) is 1.73. The molecule has 0 fully saturated rings. The Labute approximate surface area is 112 Å². The third kappa shape index (κ3) is 3.55. The molecule has 0 atom stereocenters. The van der Waals surface area contributed by atoms with Crippen LogP contribution in [-0.4, -0.2) is 12.8 Å². The number of allylic oxidation sites excluding steroid dienone is 3. The van der Waals surface area contributed by atoms with Gasteiger partial charge in [-0.15, -0.1) is 0 Å². The topological polar surface area (TPSA) is 36.4 Å². The molecule has 19 heavy (non-hydrogen) atoms. The first-order valence-corrected chi connectivity index (χ1v) is 6.02. The molecule has 0 bridgehead atoms. The van der Waals surface area contributed by atoms with Crippen LogP contribution in [0.5, 0.6) is 0 Å². The van der Waals surface area contributed by atoms with Crippen molar-refractivity contribution in [1.82, 2.24) is 10.7 Å². The van der Waals surface area contributed by atoms with Crippen LogP contribution < -0.4 is 10.7 Å². The van der Waals surface area contributed by atoms with Crippen LogP contribution in [0.3, 0.4) is 0 Å². The standard InChI is InChI=1S/C15H16FN3/c1-11-10-14(17-2)4-3-5-15(19-18-11)12-6-8-13(16)9-7-12/h3-4,6-10,17-18H,1,5H2,2H3/b4-3-,14-10+,19-15+. The van der Waals surface area contributed by atoms with Gasteiger partial charge in [0.2, 0.25) is 0 Å². The van der Waals surface area contributed by atoms with E-state index in [1.807, 2.05) is 25.3 Å². The molecule has 0 saturated heterocycles. The minimum Gasteiger partial charge on any atom is -0.388 e. The summed E-state index contributed by atoms with van der Waals surface area (Å²) < 4.78 is 12.9. The highest BCUT2D eigenvalue weighted by atomic mass is 19.1. The van der Waals surface area contributed by atoms with Crippen molar-refractivity contribution in [2.75, 3.05) is 7.05 Å².